The highest BCUT2D eigenvalue weighted by molar-refractivity contribution is 7.99. The number of nitrogens with two attached hydrogens (primary N) is 1. The number of tetrazole rings is 1. The molecule has 0 spiro atoms. The number of rotatable bonds is 3. The van der Waals surface area contributed by atoms with Crippen LogP contribution in [0.1, 0.15) is 48.9 Å². The maximum Gasteiger partial charge on any atom is 0.209 e. The number of fused-ring (bicyclic) bond motifs is 1. The van der Waals surface area contributed by atoms with Crippen molar-refractivity contribution in [1.29, 1.82) is 0 Å². The number of benzene rings is 1. The van der Waals surface area contributed by atoms with Gasteiger partial charge in [-0.25, -0.2) is 4.68 Å². The molecule has 0 aliphatic heterocycles. The highest BCUT2D eigenvalue weighted by Crippen LogP contribution is 2.40. The van der Waals surface area contributed by atoms with Gasteiger partial charge in [-0.05, 0) is 40.8 Å². The summed E-state index contributed by atoms with van der Waals surface area (Å²) in [6.07, 6.45) is 5.94. The third kappa shape index (κ3) is 2.36. The molecule has 2 aliphatic carbocycles. The monoisotopic (exact) mass is 301 g/mol. The van der Waals surface area contributed by atoms with Crippen molar-refractivity contribution in [3.63, 3.8) is 0 Å². The van der Waals surface area contributed by atoms with E-state index in [1.807, 2.05) is 4.68 Å². The van der Waals surface area contributed by atoms with Crippen LogP contribution in [0.5, 0.6) is 0 Å². The molecule has 5 nitrogen and oxygen atoms in total. The minimum Gasteiger partial charge on any atom is -0.323 e. The Labute approximate surface area is 128 Å². The molecule has 110 valence electrons. The average molecular weight is 301 g/mol. The van der Waals surface area contributed by atoms with Gasteiger partial charge in [-0.3, -0.25) is 0 Å². The van der Waals surface area contributed by atoms with E-state index in [9.17, 15) is 0 Å². The summed E-state index contributed by atoms with van der Waals surface area (Å²) >= 11 is 1.74. The predicted octanol–water partition coefficient (Wildman–Crippen LogP) is 2.51. The van der Waals surface area contributed by atoms with Crippen LogP contribution in [-0.2, 0) is 6.42 Å². The van der Waals surface area contributed by atoms with E-state index in [0.29, 0.717) is 11.3 Å². The fraction of sp³-hybridized carbons (Fsp3) is 0.533. The molecule has 2 aliphatic rings. The predicted molar refractivity (Wildman–Crippen MR) is 82.0 cm³/mol. The first kappa shape index (κ1) is 13.3. The molecular formula is C15H19N5S. The number of aromatic nitrogens is 4. The number of nitrogens with zero attached hydrogens (tertiary/aromatic N) is 4. The van der Waals surface area contributed by atoms with Gasteiger partial charge in [0.25, 0.3) is 0 Å². The van der Waals surface area contributed by atoms with Crippen molar-refractivity contribution in [3.8, 4) is 0 Å². The van der Waals surface area contributed by atoms with Gasteiger partial charge in [0.05, 0.1) is 6.04 Å². The maximum absolute atomic E-state index is 6.41. The normalized spacial score (nSPS) is 25.4. The van der Waals surface area contributed by atoms with Crippen LogP contribution in [0.2, 0.25) is 0 Å². The van der Waals surface area contributed by atoms with E-state index in [2.05, 4.69) is 39.8 Å². The van der Waals surface area contributed by atoms with Gasteiger partial charge in [0.2, 0.25) is 5.16 Å². The summed E-state index contributed by atoms with van der Waals surface area (Å²) in [5.74, 6) is 0. The van der Waals surface area contributed by atoms with E-state index in [0.717, 1.165) is 11.6 Å². The van der Waals surface area contributed by atoms with Gasteiger partial charge >= 0.3 is 0 Å². The molecule has 0 bridgehead atoms. The lowest BCUT2D eigenvalue weighted by Crippen LogP contribution is -2.20. The zero-order chi connectivity index (χ0) is 14.2. The molecule has 21 heavy (non-hydrogen) atoms. The Hall–Kier alpha value is -1.40. The first-order valence-electron chi connectivity index (χ1n) is 7.61. The standard InChI is InChI=1S/C15H19N5S/c16-14-12-8-4-1-5-10(12)9-13(14)21-15-17-18-19-20(15)11-6-2-3-7-11/h1,4-5,8,11,13-14H,2-3,6-7,9,16H2. The Morgan fingerprint density at radius 2 is 2.00 bits per heavy atom. The molecule has 2 unspecified atom stereocenters. The number of hydrogen-bond donors (Lipinski definition) is 1. The molecule has 0 amide bonds. The zero-order valence-electron chi connectivity index (χ0n) is 11.9. The SMILES string of the molecule is NC1c2ccccc2CC1Sc1nnnn1C1CCCC1. The maximum atomic E-state index is 6.41. The Morgan fingerprint density at radius 1 is 1.19 bits per heavy atom. The average Bonchev–Trinajstić information content (AvgIpc) is 3.21. The molecule has 4 rings (SSSR count). The van der Waals surface area contributed by atoms with Gasteiger partial charge in [-0.1, -0.05) is 48.9 Å². The van der Waals surface area contributed by atoms with E-state index >= 15 is 0 Å². The molecule has 1 aromatic carbocycles. The van der Waals surface area contributed by atoms with Gasteiger partial charge in [0, 0.05) is 11.3 Å². The molecule has 2 aromatic rings. The van der Waals surface area contributed by atoms with E-state index in [1.54, 1.807) is 11.8 Å². The summed E-state index contributed by atoms with van der Waals surface area (Å²) in [4.78, 5) is 0. The Balaban J connectivity index is 1.54. The van der Waals surface area contributed by atoms with Crippen LogP contribution in [0.25, 0.3) is 0 Å². The van der Waals surface area contributed by atoms with Crippen molar-refractivity contribution in [2.24, 2.45) is 5.73 Å². The molecule has 2 N–H and O–H groups in total. The largest absolute Gasteiger partial charge is 0.323 e. The summed E-state index contributed by atoms with van der Waals surface area (Å²) in [7, 11) is 0. The third-order valence-electron chi connectivity index (χ3n) is 4.63. The van der Waals surface area contributed by atoms with E-state index in [1.165, 1.54) is 36.8 Å². The van der Waals surface area contributed by atoms with E-state index in [-0.39, 0.29) is 6.04 Å². The molecule has 6 heteroatoms. The molecule has 2 atom stereocenters. The van der Waals surface area contributed by atoms with Crippen LogP contribution in [0.15, 0.2) is 29.4 Å². The summed E-state index contributed by atoms with van der Waals surface area (Å²) in [6.45, 7) is 0. The summed E-state index contributed by atoms with van der Waals surface area (Å²) in [6, 6.07) is 9.01. The fourth-order valence-electron chi connectivity index (χ4n) is 3.48. The van der Waals surface area contributed by atoms with Gasteiger partial charge < -0.3 is 5.73 Å². The molecule has 1 fully saturated rings. The van der Waals surface area contributed by atoms with Gasteiger partial charge in [0.1, 0.15) is 0 Å². The van der Waals surface area contributed by atoms with Gasteiger partial charge in [-0.2, -0.15) is 0 Å². The summed E-state index contributed by atoms with van der Waals surface area (Å²) < 4.78 is 2.02. The van der Waals surface area contributed by atoms with Crippen molar-refractivity contribution in [1.82, 2.24) is 20.2 Å². The fourth-order valence-corrected chi connectivity index (χ4v) is 4.68. The second kappa shape index (κ2) is 5.42. The molecule has 0 saturated heterocycles. The van der Waals surface area contributed by atoms with E-state index in [4.69, 9.17) is 5.73 Å². The van der Waals surface area contributed by atoms with Crippen molar-refractivity contribution < 1.29 is 0 Å². The molecular weight excluding hydrogens is 282 g/mol. The zero-order valence-corrected chi connectivity index (χ0v) is 12.7. The second-order valence-electron chi connectivity index (χ2n) is 5.93. The van der Waals surface area contributed by atoms with Crippen LogP contribution in [0, 0.1) is 0 Å². The molecule has 1 saturated carbocycles. The minimum atomic E-state index is 0.0694. The lowest BCUT2D eigenvalue weighted by molar-refractivity contribution is 0.422. The Morgan fingerprint density at radius 3 is 2.81 bits per heavy atom. The van der Waals surface area contributed by atoms with Gasteiger partial charge in [0.15, 0.2) is 0 Å². The Kier molecular flexibility index (Phi) is 3.43. The van der Waals surface area contributed by atoms with Crippen molar-refractivity contribution in [2.75, 3.05) is 0 Å². The smallest absolute Gasteiger partial charge is 0.209 e. The lowest BCUT2D eigenvalue weighted by atomic mass is 10.1. The first-order valence-corrected chi connectivity index (χ1v) is 8.49. The summed E-state index contributed by atoms with van der Waals surface area (Å²) in [5.41, 5.74) is 9.05. The number of thioether (sulfide) groups is 1. The lowest BCUT2D eigenvalue weighted by Gasteiger charge is -2.16. The topological polar surface area (TPSA) is 69.6 Å². The van der Waals surface area contributed by atoms with Crippen LogP contribution < -0.4 is 5.73 Å². The van der Waals surface area contributed by atoms with Gasteiger partial charge in [-0.15, -0.1) is 5.10 Å². The highest BCUT2D eigenvalue weighted by Gasteiger charge is 2.32. The van der Waals surface area contributed by atoms with E-state index < -0.39 is 0 Å². The van der Waals surface area contributed by atoms with Crippen molar-refractivity contribution in [3.05, 3.63) is 35.4 Å². The third-order valence-corrected chi connectivity index (χ3v) is 5.87. The Bertz CT molecular complexity index is 634. The second-order valence-corrected chi connectivity index (χ2v) is 7.14. The molecule has 0 radical (unpaired) electrons. The molecule has 1 aromatic heterocycles. The van der Waals surface area contributed by atoms with Crippen LogP contribution in [-0.4, -0.2) is 25.5 Å². The number of hydrogen-bond acceptors (Lipinski definition) is 5. The quantitative estimate of drug-likeness (QED) is 0.943. The minimum absolute atomic E-state index is 0.0694. The van der Waals surface area contributed by atoms with Crippen molar-refractivity contribution >= 4 is 11.8 Å². The summed E-state index contributed by atoms with van der Waals surface area (Å²) in [5, 5.41) is 13.6. The highest BCUT2D eigenvalue weighted by atomic mass is 32.2. The van der Waals surface area contributed by atoms with Crippen molar-refractivity contribution in [2.45, 2.75) is 54.6 Å². The molecule has 1 heterocycles. The van der Waals surface area contributed by atoms with Crippen LogP contribution in [0.4, 0.5) is 0 Å². The van der Waals surface area contributed by atoms with Crippen LogP contribution >= 0.6 is 11.8 Å². The van der Waals surface area contributed by atoms with Crippen LogP contribution in [0.3, 0.4) is 0 Å². The first-order chi connectivity index (χ1) is 10.3.